The summed E-state index contributed by atoms with van der Waals surface area (Å²) < 4.78 is 5.32. The van der Waals surface area contributed by atoms with E-state index < -0.39 is 0 Å². The van der Waals surface area contributed by atoms with Crippen LogP contribution in [0.4, 0.5) is 11.5 Å². The molecule has 0 fully saturated rings. The van der Waals surface area contributed by atoms with Crippen molar-refractivity contribution in [2.75, 3.05) is 17.7 Å². The second-order valence-corrected chi connectivity index (χ2v) is 4.37. The van der Waals surface area contributed by atoms with Crippen LogP contribution in [0.15, 0.2) is 36.4 Å². The average Bonchev–Trinajstić information content (AvgIpc) is 2.41. The molecule has 0 atom stereocenters. The zero-order valence-corrected chi connectivity index (χ0v) is 11.6. The molecule has 1 aromatic carbocycles. The number of nitrogen functional groups attached to an aromatic ring is 1. The molecule has 6 heteroatoms. The number of nitrogens with one attached hydrogen (secondary N) is 1. The monoisotopic (exact) mass is 291 g/mol. The van der Waals surface area contributed by atoms with Crippen LogP contribution in [0.2, 0.25) is 5.15 Å². The van der Waals surface area contributed by atoms with Gasteiger partial charge in [-0.25, -0.2) is 4.98 Å². The van der Waals surface area contributed by atoms with Crippen molar-refractivity contribution >= 4 is 29.0 Å². The molecule has 1 heterocycles. The van der Waals surface area contributed by atoms with Crippen molar-refractivity contribution in [1.82, 2.24) is 4.98 Å². The van der Waals surface area contributed by atoms with E-state index in [1.807, 2.05) is 6.92 Å². The number of hydrogen-bond acceptors (Lipinski definition) is 4. The fourth-order valence-corrected chi connectivity index (χ4v) is 1.81. The Morgan fingerprint density at radius 3 is 2.85 bits per heavy atom. The first-order chi connectivity index (χ1) is 9.60. The van der Waals surface area contributed by atoms with Crippen LogP contribution < -0.4 is 15.8 Å². The first kappa shape index (κ1) is 14.1. The lowest BCUT2D eigenvalue weighted by Gasteiger charge is -2.09. The summed E-state index contributed by atoms with van der Waals surface area (Å²) in [5, 5.41) is 2.96. The van der Waals surface area contributed by atoms with E-state index in [1.165, 1.54) is 0 Å². The molecule has 0 unspecified atom stereocenters. The number of amides is 1. The van der Waals surface area contributed by atoms with Gasteiger partial charge in [0.15, 0.2) is 0 Å². The minimum Gasteiger partial charge on any atom is -0.492 e. The maximum absolute atomic E-state index is 12.1. The molecule has 0 saturated heterocycles. The number of carbonyl (C=O) groups excluding carboxylic acids is 1. The van der Waals surface area contributed by atoms with Crippen LogP contribution in [0, 0.1) is 0 Å². The summed E-state index contributed by atoms with van der Waals surface area (Å²) in [5.74, 6) is 0.634. The third-order valence-corrected chi connectivity index (χ3v) is 2.74. The number of nitrogens with two attached hydrogens (primary N) is 1. The molecule has 0 aliphatic heterocycles. The van der Waals surface area contributed by atoms with Gasteiger partial charge in [-0.15, -0.1) is 0 Å². The molecule has 2 aromatic rings. The van der Waals surface area contributed by atoms with E-state index in [0.717, 1.165) is 0 Å². The summed E-state index contributed by atoms with van der Waals surface area (Å²) >= 11 is 5.76. The Labute approximate surface area is 121 Å². The molecule has 1 amide bonds. The summed E-state index contributed by atoms with van der Waals surface area (Å²) in [6, 6.07) is 9.86. The number of halogens is 1. The topological polar surface area (TPSA) is 77.2 Å². The van der Waals surface area contributed by atoms with Gasteiger partial charge in [-0.1, -0.05) is 17.7 Å². The van der Waals surface area contributed by atoms with Gasteiger partial charge in [0.2, 0.25) is 0 Å². The van der Waals surface area contributed by atoms with Crippen LogP contribution in [-0.2, 0) is 0 Å². The Morgan fingerprint density at radius 2 is 2.20 bits per heavy atom. The van der Waals surface area contributed by atoms with Crippen LogP contribution in [0.1, 0.15) is 17.3 Å². The van der Waals surface area contributed by atoms with Crippen LogP contribution in [0.25, 0.3) is 0 Å². The third-order valence-electron chi connectivity index (χ3n) is 2.53. The lowest BCUT2D eigenvalue weighted by Crippen LogP contribution is -2.13. The Kier molecular flexibility index (Phi) is 4.42. The molecule has 0 aliphatic rings. The number of hydrogen-bond donors (Lipinski definition) is 2. The summed E-state index contributed by atoms with van der Waals surface area (Å²) in [6.45, 7) is 2.38. The predicted octanol–water partition coefficient (Wildman–Crippen LogP) is 2.97. The molecule has 0 radical (unpaired) electrons. The molecule has 0 saturated carbocycles. The van der Waals surface area contributed by atoms with Gasteiger partial charge in [0, 0.05) is 5.56 Å². The third kappa shape index (κ3) is 3.39. The van der Waals surface area contributed by atoms with Gasteiger partial charge in [0.05, 0.1) is 12.3 Å². The maximum atomic E-state index is 12.1. The zero-order valence-electron chi connectivity index (χ0n) is 10.9. The van der Waals surface area contributed by atoms with Gasteiger partial charge < -0.3 is 15.8 Å². The number of anilines is 2. The van der Waals surface area contributed by atoms with Crippen molar-refractivity contribution in [3.8, 4) is 5.75 Å². The minimum absolute atomic E-state index is 0.311. The second kappa shape index (κ2) is 6.25. The Bertz CT molecular complexity index is 632. The molecular formula is C14H14ClN3O2. The summed E-state index contributed by atoms with van der Waals surface area (Å²) in [5.41, 5.74) is 6.66. The van der Waals surface area contributed by atoms with Gasteiger partial charge in [-0.3, -0.25) is 4.79 Å². The first-order valence-corrected chi connectivity index (χ1v) is 6.44. The molecule has 20 heavy (non-hydrogen) atoms. The Morgan fingerprint density at radius 1 is 1.40 bits per heavy atom. The highest BCUT2D eigenvalue weighted by molar-refractivity contribution is 6.29. The van der Waals surface area contributed by atoms with Crippen molar-refractivity contribution in [2.45, 2.75) is 6.92 Å². The van der Waals surface area contributed by atoms with Crippen LogP contribution in [-0.4, -0.2) is 17.5 Å². The highest BCUT2D eigenvalue weighted by Crippen LogP contribution is 2.23. The quantitative estimate of drug-likeness (QED) is 0.670. The molecule has 0 aliphatic carbocycles. The fraction of sp³-hybridized carbons (Fsp3) is 0.143. The summed E-state index contributed by atoms with van der Waals surface area (Å²) in [7, 11) is 0. The standard InChI is InChI=1S/C14H14ClN3O2/c1-2-20-11-7-6-9(8-10(11)16)14(19)18-13-5-3-4-12(15)17-13/h3-8H,2,16H2,1H3,(H,17,18,19). The SMILES string of the molecule is CCOc1ccc(C(=O)Nc2cccc(Cl)n2)cc1N. The van der Waals surface area contributed by atoms with Crippen molar-refractivity contribution < 1.29 is 9.53 Å². The highest BCUT2D eigenvalue weighted by atomic mass is 35.5. The van der Waals surface area contributed by atoms with E-state index in [2.05, 4.69) is 10.3 Å². The lowest BCUT2D eigenvalue weighted by molar-refractivity contribution is 0.102. The van der Waals surface area contributed by atoms with Crippen LogP contribution >= 0.6 is 11.6 Å². The summed E-state index contributed by atoms with van der Waals surface area (Å²) in [6.07, 6.45) is 0. The highest BCUT2D eigenvalue weighted by Gasteiger charge is 2.10. The van der Waals surface area contributed by atoms with E-state index >= 15 is 0 Å². The fourth-order valence-electron chi connectivity index (χ4n) is 1.64. The molecular weight excluding hydrogens is 278 g/mol. The van der Waals surface area contributed by atoms with E-state index in [1.54, 1.807) is 36.4 Å². The van der Waals surface area contributed by atoms with Crippen molar-refractivity contribution in [2.24, 2.45) is 0 Å². The number of ether oxygens (including phenoxy) is 1. The molecule has 0 spiro atoms. The molecule has 0 bridgehead atoms. The van der Waals surface area contributed by atoms with Crippen LogP contribution in [0.3, 0.4) is 0 Å². The summed E-state index contributed by atoms with van der Waals surface area (Å²) in [4.78, 5) is 16.0. The average molecular weight is 292 g/mol. The number of rotatable bonds is 4. The van der Waals surface area contributed by atoms with E-state index in [9.17, 15) is 4.79 Å². The number of aromatic nitrogens is 1. The Hall–Kier alpha value is -2.27. The smallest absolute Gasteiger partial charge is 0.256 e. The van der Waals surface area contributed by atoms with E-state index in [0.29, 0.717) is 34.6 Å². The largest absolute Gasteiger partial charge is 0.492 e. The zero-order chi connectivity index (χ0) is 14.5. The number of pyridine rings is 1. The van der Waals surface area contributed by atoms with E-state index in [4.69, 9.17) is 22.1 Å². The predicted molar refractivity (Wildman–Crippen MR) is 79.2 cm³/mol. The van der Waals surface area contributed by atoms with Gasteiger partial charge in [-0.2, -0.15) is 0 Å². The second-order valence-electron chi connectivity index (χ2n) is 3.99. The number of benzene rings is 1. The molecule has 3 N–H and O–H groups in total. The van der Waals surface area contributed by atoms with Crippen molar-refractivity contribution in [3.63, 3.8) is 0 Å². The van der Waals surface area contributed by atoms with Gasteiger partial charge in [0.25, 0.3) is 5.91 Å². The van der Waals surface area contributed by atoms with Gasteiger partial charge >= 0.3 is 0 Å². The molecule has 104 valence electrons. The Balaban J connectivity index is 2.15. The van der Waals surface area contributed by atoms with Crippen LogP contribution in [0.5, 0.6) is 5.75 Å². The maximum Gasteiger partial charge on any atom is 0.256 e. The molecule has 1 aromatic heterocycles. The van der Waals surface area contributed by atoms with Gasteiger partial charge in [-0.05, 0) is 37.3 Å². The molecule has 2 rings (SSSR count). The lowest BCUT2D eigenvalue weighted by atomic mass is 10.1. The molecule has 5 nitrogen and oxygen atoms in total. The minimum atomic E-state index is -0.311. The number of carbonyl (C=O) groups is 1. The first-order valence-electron chi connectivity index (χ1n) is 6.06. The normalized spacial score (nSPS) is 10.1. The van der Waals surface area contributed by atoms with Crippen molar-refractivity contribution in [1.29, 1.82) is 0 Å². The van der Waals surface area contributed by atoms with Gasteiger partial charge in [0.1, 0.15) is 16.7 Å². The van der Waals surface area contributed by atoms with E-state index in [-0.39, 0.29) is 5.91 Å². The number of nitrogens with zero attached hydrogens (tertiary/aromatic N) is 1. The van der Waals surface area contributed by atoms with Crippen molar-refractivity contribution in [3.05, 3.63) is 47.1 Å².